The summed E-state index contributed by atoms with van der Waals surface area (Å²) in [4.78, 5) is 24.5. The van der Waals surface area contributed by atoms with Gasteiger partial charge in [-0.25, -0.2) is 0 Å². The molecule has 1 saturated heterocycles. The molecule has 8 nitrogen and oxygen atoms in total. The Morgan fingerprint density at radius 3 is 2.81 bits per heavy atom. The number of hydrogen-bond donors (Lipinski definition) is 2. The highest BCUT2D eigenvalue weighted by Gasteiger charge is 2.18. The van der Waals surface area contributed by atoms with Crippen LogP contribution in [-0.4, -0.2) is 47.9 Å². The largest absolute Gasteiger partial charge is 0.483 e. The fourth-order valence-electron chi connectivity index (χ4n) is 2.68. The van der Waals surface area contributed by atoms with Gasteiger partial charge >= 0.3 is 0 Å². The van der Waals surface area contributed by atoms with Crippen LogP contribution in [0.1, 0.15) is 28.9 Å². The van der Waals surface area contributed by atoms with Crippen molar-refractivity contribution in [3.63, 3.8) is 0 Å². The van der Waals surface area contributed by atoms with E-state index in [0.717, 1.165) is 25.1 Å². The first-order valence-electron chi connectivity index (χ1n) is 8.83. The van der Waals surface area contributed by atoms with E-state index in [4.69, 9.17) is 9.47 Å². The zero-order chi connectivity index (χ0) is 19.1. The van der Waals surface area contributed by atoms with Crippen LogP contribution in [0.4, 0.5) is 5.82 Å². The maximum atomic E-state index is 12.4. The summed E-state index contributed by atoms with van der Waals surface area (Å²) in [5.41, 5.74) is 1.13. The number of ether oxygens (including phenoxy) is 2. The van der Waals surface area contributed by atoms with E-state index in [0.29, 0.717) is 23.7 Å². The van der Waals surface area contributed by atoms with Crippen molar-refractivity contribution < 1.29 is 19.1 Å². The molecule has 142 valence electrons. The van der Waals surface area contributed by atoms with Gasteiger partial charge in [0.05, 0.1) is 17.4 Å². The third kappa shape index (κ3) is 5.49. The number of carbonyl (C=O) groups is 2. The second-order valence-corrected chi connectivity index (χ2v) is 6.24. The smallest absolute Gasteiger partial charge is 0.263 e. The first kappa shape index (κ1) is 18.8. The van der Waals surface area contributed by atoms with Crippen LogP contribution in [0.5, 0.6) is 5.75 Å². The Labute approximate surface area is 157 Å². The summed E-state index contributed by atoms with van der Waals surface area (Å²) in [7, 11) is 0. The average Bonchev–Trinajstić information content (AvgIpc) is 3.20. The third-order valence-electron chi connectivity index (χ3n) is 4.07. The Hall–Kier alpha value is -3.00. The average molecular weight is 370 g/mol. The van der Waals surface area contributed by atoms with Crippen molar-refractivity contribution >= 4 is 17.6 Å². The Kier molecular flexibility index (Phi) is 6.32. The molecule has 1 aromatic carbocycles. The molecule has 2 heterocycles. The predicted octanol–water partition coefficient (Wildman–Crippen LogP) is 1.71. The van der Waals surface area contributed by atoms with Crippen molar-refractivity contribution in [1.82, 2.24) is 15.5 Å². The molecule has 0 unspecified atom stereocenters. The fourth-order valence-corrected chi connectivity index (χ4v) is 2.68. The van der Waals surface area contributed by atoms with Gasteiger partial charge in [0, 0.05) is 13.2 Å². The number of para-hydroxylation sites is 1. The van der Waals surface area contributed by atoms with E-state index >= 15 is 0 Å². The van der Waals surface area contributed by atoms with Crippen LogP contribution in [-0.2, 0) is 9.53 Å². The molecule has 1 fully saturated rings. The van der Waals surface area contributed by atoms with E-state index in [9.17, 15) is 9.59 Å². The molecule has 1 aliphatic rings. The molecule has 2 aromatic rings. The number of rotatable bonds is 7. The highest BCUT2D eigenvalue weighted by atomic mass is 16.5. The molecular weight excluding hydrogens is 348 g/mol. The number of nitrogens with zero attached hydrogens (tertiary/aromatic N) is 2. The molecule has 0 aliphatic carbocycles. The maximum Gasteiger partial charge on any atom is 0.263 e. The van der Waals surface area contributed by atoms with Crippen molar-refractivity contribution in [3.05, 3.63) is 47.7 Å². The molecule has 0 radical (unpaired) electrons. The molecule has 2 N–H and O–H groups in total. The highest BCUT2D eigenvalue weighted by molar-refractivity contribution is 5.97. The van der Waals surface area contributed by atoms with Crippen LogP contribution in [0.2, 0.25) is 0 Å². The summed E-state index contributed by atoms with van der Waals surface area (Å²) in [5.74, 6) is 0.0397. The summed E-state index contributed by atoms with van der Waals surface area (Å²) in [6, 6.07) is 10.2. The quantitative estimate of drug-likeness (QED) is 0.769. The molecule has 2 amide bonds. The number of benzene rings is 1. The van der Waals surface area contributed by atoms with Crippen molar-refractivity contribution in [3.8, 4) is 5.75 Å². The number of amides is 2. The lowest BCUT2D eigenvalue weighted by atomic mass is 10.1. The summed E-state index contributed by atoms with van der Waals surface area (Å²) >= 11 is 0. The normalized spacial score (nSPS) is 16.0. The van der Waals surface area contributed by atoms with Crippen LogP contribution >= 0.6 is 0 Å². The van der Waals surface area contributed by atoms with E-state index in [1.54, 1.807) is 36.4 Å². The number of anilines is 1. The molecule has 27 heavy (non-hydrogen) atoms. The lowest BCUT2D eigenvalue weighted by Crippen LogP contribution is -2.32. The van der Waals surface area contributed by atoms with Gasteiger partial charge in [0.15, 0.2) is 12.4 Å². The van der Waals surface area contributed by atoms with Gasteiger partial charge in [0.25, 0.3) is 11.8 Å². The van der Waals surface area contributed by atoms with Gasteiger partial charge in [-0.1, -0.05) is 12.1 Å². The first-order chi connectivity index (χ1) is 13.1. The standard InChI is InChI=1S/C19H22N4O4/c1-13-8-9-17(23-22-13)21-18(24)12-27-16-7-3-2-6-15(16)19(25)20-11-14-5-4-10-26-14/h2-3,6-9,14H,4-5,10-12H2,1H3,(H,20,25)(H,21,23,24)/t14-/m0/s1. The van der Waals surface area contributed by atoms with Crippen molar-refractivity contribution in [2.45, 2.75) is 25.9 Å². The van der Waals surface area contributed by atoms with Crippen LogP contribution in [0.15, 0.2) is 36.4 Å². The maximum absolute atomic E-state index is 12.4. The number of nitrogens with one attached hydrogen (secondary N) is 2. The van der Waals surface area contributed by atoms with E-state index in [1.807, 2.05) is 6.92 Å². The predicted molar refractivity (Wildman–Crippen MR) is 98.6 cm³/mol. The van der Waals surface area contributed by atoms with E-state index in [1.165, 1.54) is 0 Å². The molecule has 1 atom stereocenters. The molecule has 0 spiro atoms. The molecular formula is C19H22N4O4. The number of aromatic nitrogens is 2. The van der Waals surface area contributed by atoms with Gasteiger partial charge in [-0.15, -0.1) is 5.10 Å². The minimum absolute atomic E-state index is 0.0587. The summed E-state index contributed by atoms with van der Waals surface area (Å²) in [6.07, 6.45) is 2.02. The highest BCUT2D eigenvalue weighted by Crippen LogP contribution is 2.18. The Balaban J connectivity index is 1.54. The minimum Gasteiger partial charge on any atom is -0.483 e. The topological polar surface area (TPSA) is 102 Å². The van der Waals surface area contributed by atoms with Crippen molar-refractivity contribution in [2.24, 2.45) is 0 Å². The van der Waals surface area contributed by atoms with E-state index in [-0.39, 0.29) is 24.5 Å². The Bertz CT molecular complexity index is 789. The van der Waals surface area contributed by atoms with Crippen LogP contribution in [0, 0.1) is 6.92 Å². The summed E-state index contributed by atoms with van der Waals surface area (Å²) in [5, 5.41) is 13.2. The molecule has 0 bridgehead atoms. The second kappa shape index (κ2) is 9.09. The molecule has 0 saturated carbocycles. The molecule has 3 rings (SSSR count). The van der Waals surface area contributed by atoms with Crippen molar-refractivity contribution in [2.75, 3.05) is 25.1 Å². The van der Waals surface area contributed by atoms with Crippen LogP contribution < -0.4 is 15.4 Å². The fraction of sp³-hybridized carbons (Fsp3) is 0.368. The number of hydrogen-bond acceptors (Lipinski definition) is 6. The zero-order valence-electron chi connectivity index (χ0n) is 15.1. The van der Waals surface area contributed by atoms with Crippen molar-refractivity contribution in [1.29, 1.82) is 0 Å². The van der Waals surface area contributed by atoms with Gasteiger partial charge in [0.1, 0.15) is 5.75 Å². The summed E-state index contributed by atoms with van der Waals surface area (Å²) < 4.78 is 11.0. The van der Waals surface area contributed by atoms with E-state index in [2.05, 4.69) is 20.8 Å². The Morgan fingerprint density at radius 1 is 1.22 bits per heavy atom. The lowest BCUT2D eigenvalue weighted by Gasteiger charge is -2.13. The van der Waals surface area contributed by atoms with Gasteiger partial charge in [-0.3, -0.25) is 9.59 Å². The SMILES string of the molecule is Cc1ccc(NC(=O)COc2ccccc2C(=O)NC[C@@H]2CCCO2)nn1. The molecule has 1 aromatic heterocycles. The summed E-state index contributed by atoms with van der Waals surface area (Å²) in [6.45, 7) is 2.76. The minimum atomic E-state index is -0.386. The second-order valence-electron chi connectivity index (χ2n) is 6.24. The zero-order valence-corrected chi connectivity index (χ0v) is 15.1. The third-order valence-corrected chi connectivity index (χ3v) is 4.07. The lowest BCUT2D eigenvalue weighted by molar-refractivity contribution is -0.118. The van der Waals surface area contributed by atoms with Gasteiger partial charge in [-0.2, -0.15) is 5.10 Å². The Morgan fingerprint density at radius 2 is 2.07 bits per heavy atom. The van der Waals surface area contributed by atoms with Crippen LogP contribution in [0.3, 0.4) is 0 Å². The van der Waals surface area contributed by atoms with E-state index < -0.39 is 0 Å². The number of aryl methyl sites for hydroxylation is 1. The van der Waals surface area contributed by atoms with Gasteiger partial charge in [0.2, 0.25) is 0 Å². The number of carbonyl (C=O) groups excluding carboxylic acids is 2. The molecule has 8 heteroatoms. The van der Waals surface area contributed by atoms with Crippen LogP contribution in [0.25, 0.3) is 0 Å². The molecule has 1 aliphatic heterocycles. The van der Waals surface area contributed by atoms with Gasteiger partial charge in [-0.05, 0) is 44.0 Å². The van der Waals surface area contributed by atoms with Gasteiger partial charge < -0.3 is 20.1 Å². The first-order valence-corrected chi connectivity index (χ1v) is 8.83. The monoisotopic (exact) mass is 370 g/mol.